The van der Waals surface area contributed by atoms with E-state index < -0.39 is 0 Å². The predicted octanol–water partition coefficient (Wildman–Crippen LogP) is 4.21. The highest BCUT2D eigenvalue weighted by Crippen LogP contribution is 2.25. The normalized spacial score (nSPS) is 12.0. The smallest absolute Gasteiger partial charge is 0.136 e. The van der Waals surface area contributed by atoms with Gasteiger partial charge in [-0.15, -0.1) is 0 Å². The topological polar surface area (TPSA) is 44.5 Å². The average Bonchev–Trinajstić information content (AvgIpc) is 2.51. The summed E-state index contributed by atoms with van der Waals surface area (Å²) in [7, 11) is 0. The van der Waals surface area contributed by atoms with E-state index in [0.29, 0.717) is 18.2 Å². The van der Waals surface area contributed by atoms with Gasteiger partial charge in [0.05, 0.1) is 6.61 Å². The molecule has 1 atom stereocenters. The van der Waals surface area contributed by atoms with Crippen LogP contribution in [0.2, 0.25) is 5.02 Å². The lowest BCUT2D eigenvalue weighted by molar-refractivity contribution is 0.214. The number of ether oxygens (including phenoxy) is 2. The van der Waals surface area contributed by atoms with Crippen molar-refractivity contribution in [3.63, 3.8) is 0 Å². The summed E-state index contributed by atoms with van der Waals surface area (Å²) in [4.78, 5) is 0. The molecule has 2 rings (SSSR count). The first-order chi connectivity index (χ1) is 10.2. The molecule has 0 aliphatic carbocycles. The van der Waals surface area contributed by atoms with Crippen molar-refractivity contribution in [2.75, 3.05) is 13.2 Å². The molecule has 0 saturated heterocycles. The highest BCUT2D eigenvalue weighted by Gasteiger charge is 2.12. The van der Waals surface area contributed by atoms with Gasteiger partial charge in [-0.2, -0.15) is 0 Å². The zero-order valence-corrected chi connectivity index (χ0v) is 12.8. The van der Waals surface area contributed by atoms with E-state index in [9.17, 15) is 0 Å². The predicted molar refractivity (Wildman–Crippen MR) is 86.1 cm³/mol. The first kappa shape index (κ1) is 15.7. The van der Waals surface area contributed by atoms with Gasteiger partial charge in [0.2, 0.25) is 0 Å². The van der Waals surface area contributed by atoms with Crippen molar-refractivity contribution >= 4 is 11.6 Å². The maximum Gasteiger partial charge on any atom is 0.136 e. The summed E-state index contributed by atoms with van der Waals surface area (Å²) in [6.45, 7) is 3.18. The second-order valence-electron chi connectivity index (χ2n) is 4.72. The molecule has 1 unspecified atom stereocenters. The highest BCUT2D eigenvalue weighted by molar-refractivity contribution is 6.30. The van der Waals surface area contributed by atoms with Crippen LogP contribution in [0.5, 0.6) is 11.5 Å². The fourth-order valence-corrected chi connectivity index (χ4v) is 2.16. The fraction of sp³-hybridized carbons (Fsp3) is 0.294. The van der Waals surface area contributed by atoms with Crippen LogP contribution >= 0.6 is 11.6 Å². The molecule has 21 heavy (non-hydrogen) atoms. The fourth-order valence-electron chi connectivity index (χ4n) is 1.96. The summed E-state index contributed by atoms with van der Waals surface area (Å²) in [5, 5.41) is 0.679. The Morgan fingerprint density at radius 3 is 2.43 bits per heavy atom. The molecule has 2 aromatic carbocycles. The van der Waals surface area contributed by atoms with Gasteiger partial charge in [-0.1, -0.05) is 30.7 Å². The first-order valence-corrected chi connectivity index (χ1v) is 7.45. The van der Waals surface area contributed by atoms with Crippen LogP contribution in [0.25, 0.3) is 0 Å². The molecule has 0 heterocycles. The van der Waals surface area contributed by atoms with Crippen LogP contribution in [0.4, 0.5) is 0 Å². The number of hydrogen-bond donors (Lipinski definition) is 1. The van der Waals surface area contributed by atoms with Crippen LogP contribution in [0.15, 0.2) is 48.5 Å². The maximum atomic E-state index is 6.01. The largest absolute Gasteiger partial charge is 0.494 e. The molecule has 0 bridgehead atoms. The molecule has 2 N–H and O–H groups in total. The van der Waals surface area contributed by atoms with Gasteiger partial charge in [0, 0.05) is 11.6 Å². The third-order valence-corrected chi connectivity index (χ3v) is 3.24. The summed E-state index contributed by atoms with van der Waals surface area (Å²) < 4.78 is 11.5. The van der Waals surface area contributed by atoms with Gasteiger partial charge in [-0.25, -0.2) is 0 Å². The lowest BCUT2D eigenvalue weighted by Gasteiger charge is -2.18. The van der Waals surface area contributed by atoms with Crippen molar-refractivity contribution in [1.29, 1.82) is 0 Å². The van der Waals surface area contributed by atoms with Gasteiger partial charge in [0.25, 0.3) is 0 Å². The Morgan fingerprint density at radius 1 is 1.10 bits per heavy atom. The van der Waals surface area contributed by atoms with Crippen LogP contribution < -0.4 is 15.2 Å². The zero-order chi connectivity index (χ0) is 15.1. The van der Waals surface area contributed by atoms with E-state index in [0.717, 1.165) is 23.5 Å². The number of nitrogens with two attached hydrogens (primary N) is 1. The van der Waals surface area contributed by atoms with Crippen LogP contribution in [-0.2, 0) is 0 Å². The van der Waals surface area contributed by atoms with E-state index in [4.69, 9.17) is 26.8 Å². The standard InChI is InChI=1S/C17H20ClNO2/c1-2-10-20-15-6-8-16(9-7-15)21-17(12-19)13-4-3-5-14(18)11-13/h3-9,11,17H,2,10,12,19H2,1H3. The summed E-state index contributed by atoms with van der Waals surface area (Å²) in [5.41, 5.74) is 6.77. The van der Waals surface area contributed by atoms with Gasteiger partial charge in [0.15, 0.2) is 0 Å². The molecule has 0 amide bonds. The second kappa shape index (κ2) is 7.91. The van der Waals surface area contributed by atoms with Crippen molar-refractivity contribution in [2.45, 2.75) is 19.4 Å². The second-order valence-corrected chi connectivity index (χ2v) is 5.15. The summed E-state index contributed by atoms with van der Waals surface area (Å²) in [5.74, 6) is 1.60. The zero-order valence-electron chi connectivity index (χ0n) is 12.1. The van der Waals surface area contributed by atoms with Crippen molar-refractivity contribution < 1.29 is 9.47 Å². The molecular formula is C17H20ClNO2. The molecule has 3 nitrogen and oxygen atoms in total. The average molecular weight is 306 g/mol. The van der Waals surface area contributed by atoms with Crippen LogP contribution in [0, 0.1) is 0 Å². The molecule has 4 heteroatoms. The minimum Gasteiger partial charge on any atom is -0.494 e. The molecule has 0 fully saturated rings. The van der Waals surface area contributed by atoms with Crippen molar-refractivity contribution in [3.05, 3.63) is 59.1 Å². The Morgan fingerprint density at radius 2 is 1.81 bits per heavy atom. The van der Waals surface area contributed by atoms with Crippen LogP contribution in [-0.4, -0.2) is 13.2 Å². The summed E-state index contributed by atoms with van der Waals surface area (Å²) in [6.07, 6.45) is 0.772. The number of benzene rings is 2. The highest BCUT2D eigenvalue weighted by atomic mass is 35.5. The molecule has 0 saturated carbocycles. The number of halogens is 1. The van der Waals surface area contributed by atoms with Gasteiger partial charge in [-0.3, -0.25) is 0 Å². The van der Waals surface area contributed by atoms with Crippen LogP contribution in [0.1, 0.15) is 25.0 Å². The lowest BCUT2D eigenvalue weighted by atomic mass is 10.1. The molecule has 0 aliphatic heterocycles. The quantitative estimate of drug-likeness (QED) is 0.833. The van der Waals surface area contributed by atoms with E-state index in [1.54, 1.807) is 0 Å². The Bertz CT molecular complexity index is 557. The third-order valence-electron chi connectivity index (χ3n) is 3.01. The lowest BCUT2D eigenvalue weighted by Crippen LogP contribution is -2.18. The van der Waals surface area contributed by atoms with E-state index in [1.165, 1.54) is 0 Å². The van der Waals surface area contributed by atoms with Gasteiger partial charge in [-0.05, 0) is 48.4 Å². The minimum atomic E-state index is -0.217. The third kappa shape index (κ3) is 4.66. The Hall–Kier alpha value is -1.71. The van der Waals surface area contributed by atoms with Gasteiger partial charge < -0.3 is 15.2 Å². The molecule has 0 aliphatic rings. The maximum absolute atomic E-state index is 6.01. The van der Waals surface area contributed by atoms with E-state index in [-0.39, 0.29) is 6.10 Å². The van der Waals surface area contributed by atoms with Crippen molar-refractivity contribution in [2.24, 2.45) is 5.73 Å². The van der Waals surface area contributed by atoms with E-state index in [1.807, 2.05) is 48.5 Å². The Labute approximate surface area is 130 Å². The summed E-state index contributed by atoms with van der Waals surface area (Å²) >= 11 is 6.01. The van der Waals surface area contributed by atoms with Crippen LogP contribution in [0.3, 0.4) is 0 Å². The summed E-state index contributed by atoms with van der Waals surface area (Å²) in [6, 6.07) is 15.1. The van der Waals surface area contributed by atoms with E-state index >= 15 is 0 Å². The molecule has 112 valence electrons. The number of hydrogen-bond acceptors (Lipinski definition) is 3. The SMILES string of the molecule is CCCOc1ccc(OC(CN)c2cccc(Cl)c2)cc1. The molecule has 2 aromatic rings. The van der Waals surface area contributed by atoms with Gasteiger partial charge >= 0.3 is 0 Å². The number of rotatable bonds is 7. The molecular weight excluding hydrogens is 286 g/mol. The molecule has 0 spiro atoms. The Balaban J connectivity index is 2.04. The minimum absolute atomic E-state index is 0.217. The van der Waals surface area contributed by atoms with E-state index in [2.05, 4.69) is 6.92 Å². The monoisotopic (exact) mass is 305 g/mol. The molecule has 0 radical (unpaired) electrons. The first-order valence-electron chi connectivity index (χ1n) is 7.08. The van der Waals surface area contributed by atoms with Crippen molar-refractivity contribution in [3.8, 4) is 11.5 Å². The molecule has 0 aromatic heterocycles. The Kier molecular flexibility index (Phi) is 5.90. The van der Waals surface area contributed by atoms with Crippen molar-refractivity contribution in [1.82, 2.24) is 0 Å². The van der Waals surface area contributed by atoms with Gasteiger partial charge in [0.1, 0.15) is 17.6 Å².